The van der Waals surface area contributed by atoms with E-state index in [1.165, 1.54) is 0 Å². The van der Waals surface area contributed by atoms with Crippen LogP contribution in [0, 0.1) is 0 Å². The quantitative estimate of drug-likeness (QED) is 0.665. The van der Waals surface area contributed by atoms with Gasteiger partial charge in [-0.25, -0.2) is 8.78 Å². The average Bonchev–Trinajstić information content (AvgIpc) is 2.18. The molecule has 9 heteroatoms. The average molecular weight is 257 g/mol. The van der Waals surface area contributed by atoms with Gasteiger partial charge in [0, 0.05) is 6.20 Å². The molecule has 1 rings (SSSR count). The summed E-state index contributed by atoms with van der Waals surface area (Å²) >= 11 is 0. The van der Waals surface area contributed by atoms with Gasteiger partial charge in [-0.2, -0.15) is 0 Å². The topological polar surface area (TPSA) is 59.2 Å². The maximum absolute atomic E-state index is 12.4. The van der Waals surface area contributed by atoms with Gasteiger partial charge in [-0.05, 0) is 0 Å². The van der Waals surface area contributed by atoms with E-state index in [9.17, 15) is 31.5 Å². The molecule has 0 saturated heterocycles. The predicted octanol–water partition coefficient (Wildman–Crippen LogP) is 2.02. The van der Waals surface area contributed by atoms with E-state index >= 15 is 0 Å². The number of rotatable bonds is 3. The number of hydrogen-bond acceptors (Lipinski definition) is 3. The molecule has 0 aromatic carbocycles. The molecule has 1 N–H and O–H groups in total. The molecule has 0 amide bonds. The molecule has 0 radical (unpaired) electrons. The Balaban J connectivity index is 3.34. The van der Waals surface area contributed by atoms with Gasteiger partial charge in [0.1, 0.15) is 0 Å². The maximum Gasteiger partial charge on any atom is 0.573 e. The number of nitrogens with one attached hydrogen (secondary N) is 1. The van der Waals surface area contributed by atoms with Gasteiger partial charge in [0.25, 0.3) is 6.43 Å². The highest BCUT2D eigenvalue weighted by molar-refractivity contribution is 5.74. The lowest BCUT2D eigenvalue weighted by Crippen LogP contribution is -2.24. The molecule has 0 atom stereocenters. The Labute approximate surface area is 90.0 Å². The Morgan fingerprint density at radius 3 is 2.35 bits per heavy atom. The number of alkyl halides is 5. The molecule has 0 bridgehead atoms. The Morgan fingerprint density at radius 1 is 1.35 bits per heavy atom. The van der Waals surface area contributed by atoms with Crippen molar-refractivity contribution in [3.63, 3.8) is 0 Å². The molecule has 0 fully saturated rings. The van der Waals surface area contributed by atoms with E-state index in [1.54, 1.807) is 0 Å². The third-order valence-electron chi connectivity index (χ3n) is 1.68. The van der Waals surface area contributed by atoms with Crippen molar-refractivity contribution < 1.29 is 31.5 Å². The van der Waals surface area contributed by atoms with E-state index in [-0.39, 0.29) is 6.29 Å². The zero-order valence-electron chi connectivity index (χ0n) is 7.85. The summed E-state index contributed by atoms with van der Waals surface area (Å²) in [7, 11) is 0. The summed E-state index contributed by atoms with van der Waals surface area (Å²) in [6, 6.07) is 0. The van der Waals surface area contributed by atoms with Gasteiger partial charge in [-0.15, -0.1) is 13.2 Å². The van der Waals surface area contributed by atoms with Crippen LogP contribution in [0.1, 0.15) is 22.5 Å². The highest BCUT2D eigenvalue weighted by atomic mass is 19.4. The zero-order valence-corrected chi connectivity index (χ0v) is 7.85. The van der Waals surface area contributed by atoms with Gasteiger partial charge in [0.05, 0.1) is 11.3 Å². The molecule has 17 heavy (non-hydrogen) atoms. The fourth-order valence-electron chi connectivity index (χ4n) is 1.06. The molecule has 1 aromatic heterocycles. The van der Waals surface area contributed by atoms with Crippen LogP contribution in [0.15, 0.2) is 11.0 Å². The van der Waals surface area contributed by atoms with Crippen molar-refractivity contribution in [1.29, 1.82) is 0 Å². The summed E-state index contributed by atoms with van der Waals surface area (Å²) in [6.07, 6.45) is -8.28. The first kappa shape index (κ1) is 13.1. The number of aromatic nitrogens is 1. The van der Waals surface area contributed by atoms with Crippen LogP contribution in [0.5, 0.6) is 5.75 Å². The van der Waals surface area contributed by atoms with Crippen LogP contribution in [0.2, 0.25) is 0 Å². The van der Waals surface area contributed by atoms with Crippen molar-refractivity contribution in [3.05, 3.63) is 27.7 Å². The first-order chi connectivity index (χ1) is 7.76. The van der Waals surface area contributed by atoms with Gasteiger partial charge < -0.3 is 9.72 Å². The van der Waals surface area contributed by atoms with Crippen LogP contribution in [0.25, 0.3) is 0 Å². The molecule has 0 spiro atoms. The lowest BCUT2D eigenvalue weighted by Gasteiger charge is -2.10. The predicted molar refractivity (Wildman–Crippen MR) is 44.1 cm³/mol. The van der Waals surface area contributed by atoms with Crippen LogP contribution in [0.4, 0.5) is 22.0 Å². The van der Waals surface area contributed by atoms with Crippen molar-refractivity contribution >= 4 is 6.29 Å². The van der Waals surface area contributed by atoms with E-state index in [4.69, 9.17) is 0 Å². The number of carbonyl (C=O) groups is 1. The van der Waals surface area contributed by atoms with Crippen LogP contribution < -0.4 is 10.2 Å². The normalized spacial score (nSPS) is 11.6. The van der Waals surface area contributed by atoms with E-state index in [2.05, 4.69) is 4.74 Å². The summed E-state index contributed by atoms with van der Waals surface area (Å²) in [6.45, 7) is 0. The minimum atomic E-state index is -5.19. The Bertz CT molecular complexity index is 479. The first-order valence-electron chi connectivity index (χ1n) is 4.01. The monoisotopic (exact) mass is 257 g/mol. The second-order valence-electron chi connectivity index (χ2n) is 2.78. The molecule has 1 heterocycles. The summed E-state index contributed by atoms with van der Waals surface area (Å²) in [5.74, 6) is -1.35. The number of aldehydes is 1. The van der Waals surface area contributed by atoms with Crippen LogP contribution in [-0.2, 0) is 0 Å². The van der Waals surface area contributed by atoms with Crippen LogP contribution >= 0.6 is 0 Å². The molecular formula is C8H4F5NO3. The Morgan fingerprint density at radius 2 is 1.94 bits per heavy atom. The fraction of sp³-hybridized carbons (Fsp3) is 0.250. The number of pyridine rings is 1. The molecule has 0 unspecified atom stereocenters. The van der Waals surface area contributed by atoms with Crippen LogP contribution in [-0.4, -0.2) is 17.6 Å². The van der Waals surface area contributed by atoms with E-state index in [0.29, 0.717) is 6.20 Å². The molecule has 0 aliphatic carbocycles. The standard InChI is InChI=1S/C8H4F5NO3/c9-7(10)5-3(2-15)14-1-4(6(5)16)17-8(11,12)13/h1-2,7H,(H,14,16). The van der Waals surface area contributed by atoms with Gasteiger partial charge in [-0.3, -0.25) is 9.59 Å². The molecule has 1 aromatic rings. The largest absolute Gasteiger partial charge is 0.573 e. The second-order valence-corrected chi connectivity index (χ2v) is 2.78. The van der Waals surface area contributed by atoms with Crippen LogP contribution in [0.3, 0.4) is 0 Å². The molecule has 0 aliphatic rings. The second kappa shape index (κ2) is 4.52. The highest BCUT2D eigenvalue weighted by Crippen LogP contribution is 2.23. The number of hydrogen-bond donors (Lipinski definition) is 1. The minimum Gasteiger partial charge on any atom is -0.400 e. The molecular weight excluding hydrogens is 253 g/mol. The van der Waals surface area contributed by atoms with E-state index < -0.39 is 35.2 Å². The van der Waals surface area contributed by atoms with Gasteiger partial charge >= 0.3 is 6.36 Å². The third kappa shape index (κ3) is 3.02. The van der Waals surface area contributed by atoms with Gasteiger partial charge in [-0.1, -0.05) is 0 Å². The summed E-state index contributed by atoms with van der Waals surface area (Å²) in [5, 5.41) is 0. The number of halogens is 5. The zero-order chi connectivity index (χ0) is 13.2. The van der Waals surface area contributed by atoms with Gasteiger partial charge in [0.2, 0.25) is 5.43 Å². The lowest BCUT2D eigenvalue weighted by molar-refractivity contribution is -0.275. The molecule has 4 nitrogen and oxygen atoms in total. The Kier molecular flexibility index (Phi) is 3.49. The summed E-state index contributed by atoms with van der Waals surface area (Å²) in [4.78, 5) is 23.3. The number of carbonyl (C=O) groups excluding carboxylic acids is 1. The molecule has 0 saturated carbocycles. The SMILES string of the molecule is O=Cc1[nH]cc(OC(F)(F)F)c(=O)c1C(F)F. The smallest absolute Gasteiger partial charge is 0.400 e. The number of H-pyrrole nitrogens is 1. The van der Waals surface area contributed by atoms with Crippen molar-refractivity contribution in [1.82, 2.24) is 4.98 Å². The number of aromatic amines is 1. The van der Waals surface area contributed by atoms with E-state index in [1.807, 2.05) is 4.98 Å². The third-order valence-corrected chi connectivity index (χ3v) is 1.68. The summed E-state index contributed by atoms with van der Waals surface area (Å²) < 4.78 is 63.4. The van der Waals surface area contributed by atoms with E-state index in [0.717, 1.165) is 0 Å². The Hall–Kier alpha value is -1.93. The summed E-state index contributed by atoms with van der Waals surface area (Å²) in [5.41, 5.74) is -3.83. The maximum atomic E-state index is 12.4. The van der Waals surface area contributed by atoms with Crippen molar-refractivity contribution in [2.45, 2.75) is 12.8 Å². The fourth-order valence-corrected chi connectivity index (χ4v) is 1.06. The lowest BCUT2D eigenvalue weighted by atomic mass is 10.2. The van der Waals surface area contributed by atoms with Gasteiger partial charge in [0.15, 0.2) is 12.0 Å². The van der Waals surface area contributed by atoms with Crippen molar-refractivity contribution in [2.75, 3.05) is 0 Å². The molecule has 0 aliphatic heterocycles. The first-order valence-corrected chi connectivity index (χ1v) is 4.01. The molecule has 94 valence electrons. The highest BCUT2D eigenvalue weighted by Gasteiger charge is 2.33. The minimum absolute atomic E-state index is 0.0970. The van der Waals surface area contributed by atoms with Crippen molar-refractivity contribution in [3.8, 4) is 5.75 Å². The van der Waals surface area contributed by atoms with Crippen molar-refractivity contribution in [2.24, 2.45) is 0 Å². The number of ether oxygens (including phenoxy) is 1.